The quantitative estimate of drug-likeness (QED) is 0.0205. The highest BCUT2D eigenvalue weighted by Gasteiger charge is 2.30. The van der Waals surface area contributed by atoms with Crippen molar-refractivity contribution >= 4 is 19.7 Å². The zero-order valence-electron chi connectivity index (χ0n) is 54.4. The smallest absolute Gasteiger partial charge is 0.456 e. The van der Waals surface area contributed by atoms with Crippen LogP contribution in [0.1, 0.15) is 361 Å². The highest BCUT2D eigenvalue weighted by Crippen LogP contribution is 2.43. The third-order valence-corrected chi connectivity index (χ3v) is 17.1. The predicted molar refractivity (Wildman–Crippen MR) is 346 cm³/mol. The Balaban J connectivity index is 5.02. The average Bonchev–Trinajstić information content (AvgIpc) is 3.42. The number of hydrogen-bond acceptors (Lipinski definition) is 6. The maximum Gasteiger partial charge on any atom is 0.472 e. The van der Waals surface area contributed by atoms with Crippen LogP contribution in [0, 0.1) is 0 Å². The molecule has 3 unspecified atom stereocenters. The summed E-state index contributed by atoms with van der Waals surface area (Å²) in [4.78, 5) is 37.8. The van der Waals surface area contributed by atoms with E-state index in [9.17, 15) is 19.0 Å². The van der Waals surface area contributed by atoms with Crippen LogP contribution in [0.4, 0.5) is 0 Å². The van der Waals surface area contributed by atoms with Gasteiger partial charge in [0.05, 0.1) is 33.8 Å². The van der Waals surface area contributed by atoms with Gasteiger partial charge in [-0.15, -0.1) is 0 Å². The summed E-state index contributed by atoms with van der Waals surface area (Å²) in [6, 6.07) is -0.842. The van der Waals surface area contributed by atoms with Crippen LogP contribution < -0.4 is 5.32 Å². The van der Waals surface area contributed by atoms with Gasteiger partial charge in [-0.2, -0.15) is 0 Å². The van der Waals surface area contributed by atoms with E-state index < -0.39 is 20.0 Å². The molecule has 0 aromatic carbocycles. The molecule has 0 spiro atoms. The van der Waals surface area contributed by atoms with Gasteiger partial charge in [0.25, 0.3) is 0 Å². The first-order valence-corrected chi connectivity index (χ1v) is 36.7. The monoisotopic (exact) mass is 1150 g/mol. The van der Waals surface area contributed by atoms with Gasteiger partial charge in [-0.1, -0.05) is 315 Å². The van der Waals surface area contributed by atoms with Gasteiger partial charge < -0.3 is 19.4 Å². The lowest BCUT2D eigenvalue weighted by molar-refractivity contribution is -0.870. The van der Waals surface area contributed by atoms with E-state index >= 15 is 0 Å². The molecule has 0 saturated heterocycles. The Morgan fingerprint density at radius 2 is 0.725 bits per heavy atom. The van der Waals surface area contributed by atoms with Crippen molar-refractivity contribution in [2.45, 2.75) is 373 Å². The van der Waals surface area contributed by atoms with E-state index in [1.807, 2.05) is 33.3 Å². The molecular formula is C70H138N2O7P+. The summed E-state index contributed by atoms with van der Waals surface area (Å²) in [5.74, 6) is -0.482. The number of hydrogen-bond donors (Lipinski definition) is 2. The number of quaternary nitrogens is 1. The maximum atomic E-state index is 13.6. The Labute approximate surface area is 498 Å². The van der Waals surface area contributed by atoms with Crippen molar-refractivity contribution in [2.75, 3.05) is 40.9 Å². The van der Waals surface area contributed by atoms with Crippen molar-refractivity contribution in [3.8, 4) is 0 Å². The molecule has 0 bridgehead atoms. The molecular weight excluding hydrogens is 1010 g/mol. The van der Waals surface area contributed by atoms with Crippen LogP contribution in [-0.4, -0.2) is 74.3 Å². The first-order valence-electron chi connectivity index (χ1n) is 35.2. The van der Waals surface area contributed by atoms with Gasteiger partial charge in [-0.3, -0.25) is 18.6 Å². The minimum absolute atomic E-state index is 0.0447. The summed E-state index contributed by atoms with van der Waals surface area (Å²) in [6.07, 6.45) is 73.3. The molecule has 0 aliphatic heterocycles. The van der Waals surface area contributed by atoms with Crippen LogP contribution in [0.15, 0.2) is 24.3 Å². The molecule has 0 heterocycles. The number of phosphoric ester groups is 1. The summed E-state index contributed by atoms with van der Waals surface area (Å²) in [5, 5.41) is 3.07. The van der Waals surface area contributed by atoms with E-state index in [4.69, 9.17) is 13.8 Å². The second kappa shape index (κ2) is 60.6. The van der Waals surface area contributed by atoms with Crippen LogP contribution in [0.25, 0.3) is 0 Å². The number of nitrogens with zero attached hydrogens (tertiary/aromatic N) is 1. The number of likely N-dealkylation sites (N-methyl/N-ethyl adjacent to an activating group) is 1. The number of unbranched alkanes of at least 4 members (excludes halogenated alkanes) is 47. The lowest BCUT2D eigenvalue weighted by atomic mass is 10.0. The van der Waals surface area contributed by atoms with Gasteiger partial charge in [0.2, 0.25) is 5.91 Å². The first kappa shape index (κ1) is 78.5. The summed E-state index contributed by atoms with van der Waals surface area (Å²) >= 11 is 0. The summed E-state index contributed by atoms with van der Waals surface area (Å²) in [5.41, 5.74) is 0. The third-order valence-electron chi connectivity index (χ3n) is 16.1. The van der Waals surface area contributed by atoms with Gasteiger partial charge in [-0.25, -0.2) is 4.57 Å². The number of rotatable bonds is 65. The van der Waals surface area contributed by atoms with Crippen molar-refractivity contribution in [1.29, 1.82) is 0 Å². The van der Waals surface area contributed by atoms with Crippen molar-refractivity contribution in [3.63, 3.8) is 0 Å². The van der Waals surface area contributed by atoms with Crippen molar-refractivity contribution < 1.29 is 37.3 Å². The molecule has 474 valence electrons. The van der Waals surface area contributed by atoms with Crippen LogP contribution in [-0.2, 0) is 27.9 Å². The highest BCUT2D eigenvalue weighted by atomic mass is 31.2. The fourth-order valence-corrected chi connectivity index (χ4v) is 11.4. The standard InChI is InChI=1S/C70H137N2O7P/c1-7-10-13-16-19-22-25-28-30-32-33-34-35-36-37-38-39-41-43-45-48-51-54-57-60-63-70(74)79-68(61-58-55-52-49-46-27-24-21-18-15-12-9-3)67(66-78-80(75,76)77-65-64-72(4,5)6)71-69(73)62-59-56-53-50-47-44-42-40-31-29-26-23-20-17-14-11-8-2/h28,30,58,61,67-68H,7-27,29,31-57,59-60,62-66H2,1-6H3,(H-,71,73,75,76)/p+1/b30-28+,61-58+. The molecule has 0 saturated carbocycles. The van der Waals surface area contributed by atoms with Gasteiger partial charge in [0.1, 0.15) is 19.3 Å². The zero-order chi connectivity index (χ0) is 58.6. The Hall–Kier alpha value is -1.51. The zero-order valence-corrected chi connectivity index (χ0v) is 55.2. The van der Waals surface area contributed by atoms with E-state index in [1.54, 1.807) is 0 Å². The van der Waals surface area contributed by atoms with Crippen LogP contribution in [0.5, 0.6) is 0 Å². The van der Waals surface area contributed by atoms with Crippen LogP contribution in [0.2, 0.25) is 0 Å². The van der Waals surface area contributed by atoms with Gasteiger partial charge in [0.15, 0.2) is 0 Å². The molecule has 0 aliphatic rings. The summed E-state index contributed by atoms with van der Waals surface area (Å²) in [6.45, 7) is 7.07. The second-order valence-electron chi connectivity index (χ2n) is 25.4. The number of esters is 1. The number of amides is 1. The highest BCUT2D eigenvalue weighted by molar-refractivity contribution is 7.47. The van der Waals surface area contributed by atoms with E-state index in [2.05, 4.69) is 38.2 Å². The number of allylic oxidation sites excluding steroid dienone is 3. The SMILES string of the molecule is CCCCCCCC/C=C/CCCCCCCCCCCCCCCCCC(=O)OC(/C=C/CCCCCCCCCCCC)C(COP(=O)(O)OCC[N+](C)(C)C)NC(=O)CCCCCCCCCCCCCCCCCCC. The molecule has 0 aromatic rings. The van der Waals surface area contributed by atoms with E-state index in [1.165, 1.54) is 270 Å². The molecule has 80 heavy (non-hydrogen) atoms. The lowest BCUT2D eigenvalue weighted by Gasteiger charge is -2.27. The van der Waals surface area contributed by atoms with Gasteiger partial charge >= 0.3 is 13.8 Å². The van der Waals surface area contributed by atoms with Crippen LogP contribution >= 0.6 is 7.82 Å². The van der Waals surface area contributed by atoms with E-state index in [0.29, 0.717) is 23.9 Å². The minimum atomic E-state index is -4.45. The van der Waals surface area contributed by atoms with E-state index in [-0.39, 0.29) is 25.1 Å². The normalized spacial score (nSPS) is 13.6. The Bertz CT molecular complexity index is 1420. The van der Waals surface area contributed by atoms with Crippen molar-refractivity contribution in [3.05, 3.63) is 24.3 Å². The average molecular weight is 1150 g/mol. The van der Waals surface area contributed by atoms with Crippen LogP contribution in [0.3, 0.4) is 0 Å². The third kappa shape index (κ3) is 61.1. The fourth-order valence-electron chi connectivity index (χ4n) is 10.7. The molecule has 0 aromatic heterocycles. The lowest BCUT2D eigenvalue weighted by Crippen LogP contribution is -2.47. The Morgan fingerprint density at radius 1 is 0.425 bits per heavy atom. The van der Waals surface area contributed by atoms with E-state index in [0.717, 1.165) is 57.8 Å². The number of phosphoric acid groups is 1. The largest absolute Gasteiger partial charge is 0.472 e. The number of carbonyl (C=O) groups excluding carboxylic acids is 2. The molecule has 0 aliphatic carbocycles. The first-order chi connectivity index (χ1) is 38.9. The topological polar surface area (TPSA) is 111 Å². The van der Waals surface area contributed by atoms with Crippen molar-refractivity contribution in [2.24, 2.45) is 0 Å². The molecule has 9 nitrogen and oxygen atoms in total. The maximum absolute atomic E-state index is 13.6. The molecule has 10 heteroatoms. The number of carbonyl (C=O) groups is 2. The van der Waals surface area contributed by atoms with Crippen molar-refractivity contribution in [1.82, 2.24) is 5.32 Å². The predicted octanol–water partition coefficient (Wildman–Crippen LogP) is 22.1. The van der Waals surface area contributed by atoms with Gasteiger partial charge in [-0.05, 0) is 57.4 Å². The number of ether oxygens (including phenoxy) is 1. The fraction of sp³-hybridized carbons (Fsp3) is 0.914. The summed E-state index contributed by atoms with van der Waals surface area (Å²) in [7, 11) is 1.52. The second-order valence-corrected chi connectivity index (χ2v) is 26.9. The molecule has 1 amide bonds. The minimum Gasteiger partial charge on any atom is -0.456 e. The molecule has 2 N–H and O–H groups in total. The number of nitrogens with one attached hydrogen (secondary N) is 1. The Kier molecular flexibility index (Phi) is 59.5. The summed E-state index contributed by atoms with van der Waals surface area (Å²) < 4.78 is 30.8. The molecule has 3 atom stereocenters. The molecule has 0 fully saturated rings. The molecule has 0 rings (SSSR count). The molecule has 0 radical (unpaired) electrons. The Morgan fingerprint density at radius 3 is 1.06 bits per heavy atom. The van der Waals surface area contributed by atoms with Gasteiger partial charge in [0, 0.05) is 12.8 Å².